The molecule has 0 radical (unpaired) electrons. The molecule has 0 unspecified atom stereocenters. The zero-order valence-corrected chi connectivity index (χ0v) is 14.8. The summed E-state index contributed by atoms with van der Waals surface area (Å²) >= 11 is 0. The molecule has 4 rings (SSSR count). The first-order valence-electron chi connectivity index (χ1n) is 8.57. The van der Waals surface area contributed by atoms with Crippen LogP contribution in [0.25, 0.3) is 22.0 Å². The van der Waals surface area contributed by atoms with Crippen molar-refractivity contribution in [3.8, 4) is 22.8 Å². The smallest absolute Gasteiger partial charge is 0.508 e. The van der Waals surface area contributed by atoms with E-state index in [-0.39, 0.29) is 11.5 Å². The molecule has 0 spiro atoms. The van der Waals surface area contributed by atoms with E-state index in [9.17, 15) is 18.3 Å². The molecule has 8 heteroatoms. The third-order valence-electron chi connectivity index (χ3n) is 4.18. The maximum atomic E-state index is 12.3. The van der Waals surface area contributed by atoms with Gasteiger partial charge in [-0.15, -0.1) is 23.4 Å². The van der Waals surface area contributed by atoms with Gasteiger partial charge in [0.2, 0.25) is 0 Å². The molecule has 0 atom stereocenters. The molecule has 0 amide bonds. The monoisotopic (exact) mass is 397 g/mol. The second-order valence-corrected chi connectivity index (χ2v) is 6.19. The number of phenolic OH excluding ortho intramolecular Hbond substituents is 1. The fraction of sp³-hybridized carbons (Fsp3) is 0.0476. The fourth-order valence-corrected chi connectivity index (χ4v) is 2.91. The van der Waals surface area contributed by atoms with E-state index in [0.717, 1.165) is 16.3 Å². The van der Waals surface area contributed by atoms with Gasteiger partial charge in [0.1, 0.15) is 17.2 Å². The van der Waals surface area contributed by atoms with Crippen LogP contribution in [0.4, 0.5) is 24.7 Å². The van der Waals surface area contributed by atoms with Gasteiger partial charge in [-0.1, -0.05) is 24.3 Å². The topological polar surface area (TPSA) is 67.3 Å². The Morgan fingerprint density at radius 2 is 1.45 bits per heavy atom. The van der Waals surface area contributed by atoms with Crippen molar-refractivity contribution in [2.24, 2.45) is 0 Å². The van der Waals surface area contributed by atoms with Crippen LogP contribution in [0.15, 0.2) is 72.8 Å². The molecule has 0 saturated carbocycles. The Morgan fingerprint density at radius 1 is 0.793 bits per heavy atom. The molecule has 29 heavy (non-hydrogen) atoms. The van der Waals surface area contributed by atoms with Gasteiger partial charge in [0.25, 0.3) is 0 Å². The van der Waals surface area contributed by atoms with E-state index in [1.54, 1.807) is 24.3 Å². The highest BCUT2D eigenvalue weighted by molar-refractivity contribution is 6.00. The number of aromatic hydroxyl groups is 1. The van der Waals surface area contributed by atoms with Crippen molar-refractivity contribution in [2.75, 3.05) is 5.32 Å². The minimum absolute atomic E-state index is 0.155. The predicted octanol–water partition coefficient (Wildman–Crippen LogP) is 5.64. The van der Waals surface area contributed by atoms with E-state index in [2.05, 4.69) is 20.3 Å². The summed E-state index contributed by atoms with van der Waals surface area (Å²) in [4.78, 5) is 0. The molecule has 0 aliphatic rings. The molecule has 2 N–H and O–H groups in total. The maximum Gasteiger partial charge on any atom is 0.573 e. The lowest BCUT2D eigenvalue weighted by atomic mass is 10.0. The van der Waals surface area contributed by atoms with Crippen molar-refractivity contribution in [3.05, 3.63) is 72.8 Å². The number of ether oxygens (including phenoxy) is 1. The normalized spacial score (nSPS) is 11.4. The molecule has 4 aromatic rings. The maximum absolute atomic E-state index is 12.3. The average Bonchev–Trinajstić information content (AvgIpc) is 2.69. The summed E-state index contributed by atoms with van der Waals surface area (Å²) in [5.41, 5.74) is 1.99. The first-order chi connectivity index (χ1) is 13.9. The SMILES string of the molecule is Oc1ccc(-c2nnc(Nc3ccc(OC(F)(F)F)cc3)c3ccccc23)cc1. The zero-order valence-electron chi connectivity index (χ0n) is 14.8. The quantitative estimate of drug-likeness (QED) is 0.466. The molecule has 0 aliphatic carbocycles. The molecule has 0 aliphatic heterocycles. The Balaban J connectivity index is 1.67. The highest BCUT2D eigenvalue weighted by Gasteiger charge is 2.30. The van der Waals surface area contributed by atoms with Crippen molar-refractivity contribution in [3.63, 3.8) is 0 Å². The van der Waals surface area contributed by atoms with Crippen LogP contribution in [0.3, 0.4) is 0 Å². The molecule has 1 aromatic heterocycles. The summed E-state index contributed by atoms with van der Waals surface area (Å²) in [6.07, 6.45) is -4.74. The van der Waals surface area contributed by atoms with Crippen LogP contribution in [0.2, 0.25) is 0 Å². The number of hydrogen-bond acceptors (Lipinski definition) is 5. The number of phenols is 1. The van der Waals surface area contributed by atoms with Gasteiger partial charge >= 0.3 is 6.36 Å². The highest BCUT2D eigenvalue weighted by atomic mass is 19.4. The summed E-state index contributed by atoms with van der Waals surface area (Å²) in [7, 11) is 0. The van der Waals surface area contributed by atoms with Crippen LogP contribution in [0.1, 0.15) is 0 Å². The summed E-state index contributed by atoms with van der Waals surface area (Å²) in [6, 6.07) is 19.5. The summed E-state index contributed by atoms with van der Waals surface area (Å²) in [6.45, 7) is 0. The number of alkyl halides is 3. The van der Waals surface area contributed by atoms with Crippen molar-refractivity contribution in [2.45, 2.75) is 6.36 Å². The number of aromatic nitrogens is 2. The zero-order chi connectivity index (χ0) is 20.4. The lowest BCUT2D eigenvalue weighted by molar-refractivity contribution is -0.274. The molecule has 0 bridgehead atoms. The number of benzene rings is 3. The van der Waals surface area contributed by atoms with Crippen LogP contribution in [0.5, 0.6) is 11.5 Å². The van der Waals surface area contributed by atoms with Crippen LogP contribution in [0, 0.1) is 0 Å². The van der Waals surface area contributed by atoms with E-state index in [4.69, 9.17) is 0 Å². The lowest BCUT2D eigenvalue weighted by Gasteiger charge is -2.12. The van der Waals surface area contributed by atoms with E-state index >= 15 is 0 Å². The van der Waals surface area contributed by atoms with Crippen LogP contribution >= 0.6 is 0 Å². The molecule has 5 nitrogen and oxygen atoms in total. The van der Waals surface area contributed by atoms with Crippen molar-refractivity contribution in [1.82, 2.24) is 10.2 Å². The van der Waals surface area contributed by atoms with Crippen molar-refractivity contribution in [1.29, 1.82) is 0 Å². The number of anilines is 2. The largest absolute Gasteiger partial charge is 0.573 e. The minimum atomic E-state index is -4.74. The number of fused-ring (bicyclic) bond motifs is 1. The van der Waals surface area contributed by atoms with E-state index in [0.29, 0.717) is 17.2 Å². The molecular weight excluding hydrogens is 383 g/mol. The number of hydrogen-bond donors (Lipinski definition) is 2. The first kappa shape index (κ1) is 18.5. The van der Waals surface area contributed by atoms with Gasteiger partial charge in [-0.05, 0) is 48.5 Å². The van der Waals surface area contributed by atoms with Gasteiger partial charge in [0, 0.05) is 22.0 Å². The Bertz CT molecular complexity index is 1140. The van der Waals surface area contributed by atoms with Gasteiger partial charge in [-0.3, -0.25) is 0 Å². The summed E-state index contributed by atoms with van der Waals surface area (Å²) in [5.74, 6) is 0.316. The van der Waals surface area contributed by atoms with Gasteiger partial charge in [0.05, 0.1) is 0 Å². The molecular formula is C21H14F3N3O2. The molecule has 0 saturated heterocycles. The van der Waals surface area contributed by atoms with Crippen LogP contribution in [-0.2, 0) is 0 Å². The van der Waals surface area contributed by atoms with Crippen molar-refractivity contribution < 1.29 is 23.0 Å². The standard InChI is InChI=1S/C21H14F3N3O2/c22-21(23,24)29-16-11-7-14(8-12-16)25-20-18-4-2-1-3-17(18)19(26-27-20)13-5-9-15(28)10-6-13/h1-12,28H,(H,25,27). The first-order valence-corrected chi connectivity index (χ1v) is 8.57. The van der Waals surface area contributed by atoms with Gasteiger partial charge in [-0.25, -0.2) is 0 Å². The lowest BCUT2D eigenvalue weighted by Crippen LogP contribution is -2.16. The van der Waals surface area contributed by atoms with Gasteiger partial charge in [0.15, 0.2) is 5.82 Å². The van der Waals surface area contributed by atoms with Crippen LogP contribution in [-0.4, -0.2) is 21.7 Å². The third kappa shape index (κ3) is 4.21. The van der Waals surface area contributed by atoms with E-state index in [1.807, 2.05) is 24.3 Å². The second kappa shape index (κ2) is 7.31. The Kier molecular flexibility index (Phi) is 4.67. The molecule has 146 valence electrons. The van der Waals surface area contributed by atoms with Crippen LogP contribution < -0.4 is 10.1 Å². The summed E-state index contributed by atoms with van der Waals surface area (Å²) < 4.78 is 40.8. The van der Waals surface area contributed by atoms with Gasteiger partial charge < -0.3 is 15.2 Å². The highest BCUT2D eigenvalue weighted by Crippen LogP contribution is 2.32. The third-order valence-corrected chi connectivity index (χ3v) is 4.18. The van der Waals surface area contributed by atoms with E-state index < -0.39 is 6.36 Å². The average molecular weight is 397 g/mol. The summed E-state index contributed by atoms with van der Waals surface area (Å²) in [5, 5.41) is 22.7. The Morgan fingerprint density at radius 3 is 2.10 bits per heavy atom. The predicted molar refractivity (Wildman–Crippen MR) is 103 cm³/mol. The van der Waals surface area contributed by atoms with E-state index in [1.165, 1.54) is 24.3 Å². The minimum Gasteiger partial charge on any atom is -0.508 e. The molecule has 0 fully saturated rings. The fourth-order valence-electron chi connectivity index (χ4n) is 2.91. The molecule has 3 aromatic carbocycles. The number of nitrogens with zero attached hydrogens (tertiary/aromatic N) is 2. The Labute approximate surface area is 163 Å². The number of rotatable bonds is 4. The Hall–Kier alpha value is -3.81. The van der Waals surface area contributed by atoms with Crippen molar-refractivity contribution >= 4 is 22.3 Å². The second-order valence-electron chi connectivity index (χ2n) is 6.19. The molecule has 1 heterocycles. The number of halogens is 3. The number of nitrogens with one attached hydrogen (secondary N) is 1. The van der Waals surface area contributed by atoms with Gasteiger partial charge in [-0.2, -0.15) is 0 Å².